The predicted octanol–water partition coefficient (Wildman–Crippen LogP) is 2.46. The second-order valence-corrected chi connectivity index (χ2v) is 4.66. The van der Waals surface area contributed by atoms with Crippen molar-refractivity contribution in [3.63, 3.8) is 0 Å². The lowest BCUT2D eigenvalue weighted by Crippen LogP contribution is -2.15. The van der Waals surface area contributed by atoms with E-state index in [0.717, 1.165) is 30.8 Å². The van der Waals surface area contributed by atoms with Gasteiger partial charge in [-0.3, -0.25) is 0 Å². The molecular weight excluding hydrogens is 220 g/mol. The third-order valence-corrected chi connectivity index (χ3v) is 3.48. The Kier molecular flexibility index (Phi) is 3.74. The zero-order valence-electron chi connectivity index (χ0n) is 9.62. The smallest absolute Gasteiger partial charge is 0.120 e. The first-order valence-corrected chi connectivity index (χ1v) is 6.29. The summed E-state index contributed by atoms with van der Waals surface area (Å²) in [7, 11) is 1.69. The predicted molar refractivity (Wildman–Crippen MR) is 68.4 cm³/mol. The number of nitrogens with one attached hydrogen (secondary N) is 1. The van der Waals surface area contributed by atoms with E-state index in [1.165, 1.54) is 9.71 Å². The number of methoxy groups -OCH3 is 1. The van der Waals surface area contributed by atoms with Gasteiger partial charge in [0.2, 0.25) is 0 Å². The van der Waals surface area contributed by atoms with Crippen LogP contribution in [-0.2, 0) is 6.42 Å². The summed E-state index contributed by atoms with van der Waals surface area (Å²) in [6, 6.07) is 6.02. The average Bonchev–Trinajstić information content (AvgIpc) is 2.70. The molecule has 0 amide bonds. The van der Waals surface area contributed by atoms with Crippen LogP contribution in [-0.4, -0.2) is 25.2 Å². The highest BCUT2D eigenvalue weighted by Crippen LogP contribution is 2.26. The SMILES string of the molecule is CCNCCc1nc2ccc(OC)cc2s1. The molecule has 0 radical (unpaired) electrons. The van der Waals surface area contributed by atoms with E-state index in [2.05, 4.69) is 17.2 Å². The molecular formula is C12H16N2OS. The highest BCUT2D eigenvalue weighted by Gasteiger charge is 2.04. The molecule has 0 unspecified atom stereocenters. The summed E-state index contributed by atoms with van der Waals surface area (Å²) in [5.74, 6) is 0.898. The van der Waals surface area contributed by atoms with Gasteiger partial charge in [0.05, 0.1) is 22.3 Å². The van der Waals surface area contributed by atoms with E-state index in [0.29, 0.717) is 0 Å². The van der Waals surface area contributed by atoms with Gasteiger partial charge in [-0.05, 0) is 24.7 Å². The summed E-state index contributed by atoms with van der Waals surface area (Å²) in [6.07, 6.45) is 0.996. The lowest BCUT2D eigenvalue weighted by Gasteiger charge is -1.96. The number of rotatable bonds is 5. The number of fused-ring (bicyclic) bond motifs is 1. The van der Waals surface area contributed by atoms with Gasteiger partial charge in [-0.1, -0.05) is 6.92 Å². The Morgan fingerprint density at radius 1 is 1.44 bits per heavy atom. The standard InChI is InChI=1S/C12H16N2OS/c1-3-13-7-6-12-14-10-5-4-9(15-2)8-11(10)16-12/h4-5,8,13H,3,6-7H2,1-2H3. The molecule has 0 atom stereocenters. The summed E-state index contributed by atoms with van der Waals surface area (Å²) < 4.78 is 6.40. The topological polar surface area (TPSA) is 34.2 Å². The minimum absolute atomic E-state index is 0.898. The molecule has 0 bridgehead atoms. The Bertz CT molecular complexity index is 467. The van der Waals surface area contributed by atoms with Crippen LogP contribution in [0.5, 0.6) is 5.75 Å². The fourth-order valence-electron chi connectivity index (χ4n) is 1.56. The number of ether oxygens (including phenoxy) is 1. The van der Waals surface area contributed by atoms with Crippen molar-refractivity contribution in [2.24, 2.45) is 0 Å². The van der Waals surface area contributed by atoms with Crippen LogP contribution in [0, 0.1) is 0 Å². The molecule has 2 rings (SSSR count). The van der Waals surface area contributed by atoms with Crippen molar-refractivity contribution in [3.05, 3.63) is 23.2 Å². The zero-order valence-corrected chi connectivity index (χ0v) is 10.4. The largest absolute Gasteiger partial charge is 0.497 e. The molecule has 4 heteroatoms. The molecule has 2 aromatic rings. The fraction of sp³-hybridized carbons (Fsp3) is 0.417. The van der Waals surface area contributed by atoms with E-state index < -0.39 is 0 Å². The summed E-state index contributed by atoms with van der Waals surface area (Å²) in [4.78, 5) is 4.58. The van der Waals surface area contributed by atoms with Crippen LogP contribution in [0.4, 0.5) is 0 Å². The van der Waals surface area contributed by atoms with Gasteiger partial charge in [0.15, 0.2) is 0 Å². The van der Waals surface area contributed by atoms with Crippen LogP contribution in [0.2, 0.25) is 0 Å². The molecule has 1 aromatic heterocycles. The van der Waals surface area contributed by atoms with E-state index in [1.54, 1.807) is 18.4 Å². The van der Waals surface area contributed by atoms with Crippen LogP contribution in [0.1, 0.15) is 11.9 Å². The van der Waals surface area contributed by atoms with Gasteiger partial charge in [0.1, 0.15) is 5.75 Å². The van der Waals surface area contributed by atoms with Gasteiger partial charge in [-0.2, -0.15) is 0 Å². The van der Waals surface area contributed by atoms with Crippen LogP contribution in [0.25, 0.3) is 10.2 Å². The highest BCUT2D eigenvalue weighted by atomic mass is 32.1. The first-order chi connectivity index (χ1) is 7.83. The summed E-state index contributed by atoms with van der Waals surface area (Å²) in [5, 5.41) is 4.49. The Morgan fingerprint density at radius 3 is 3.06 bits per heavy atom. The van der Waals surface area contributed by atoms with Crippen molar-refractivity contribution >= 4 is 21.6 Å². The second kappa shape index (κ2) is 5.27. The van der Waals surface area contributed by atoms with Crippen molar-refractivity contribution in [1.29, 1.82) is 0 Å². The zero-order chi connectivity index (χ0) is 11.4. The second-order valence-electron chi connectivity index (χ2n) is 3.54. The molecule has 0 aliphatic rings. The Labute approximate surface area is 99.5 Å². The van der Waals surface area contributed by atoms with Crippen molar-refractivity contribution < 1.29 is 4.74 Å². The van der Waals surface area contributed by atoms with Gasteiger partial charge in [0, 0.05) is 13.0 Å². The maximum atomic E-state index is 5.20. The molecule has 1 aromatic carbocycles. The van der Waals surface area contributed by atoms with Crippen LogP contribution < -0.4 is 10.1 Å². The molecule has 0 fully saturated rings. The maximum absolute atomic E-state index is 5.20. The number of benzene rings is 1. The minimum atomic E-state index is 0.898. The normalized spacial score (nSPS) is 10.9. The molecule has 0 aliphatic carbocycles. The third-order valence-electron chi connectivity index (χ3n) is 2.41. The first-order valence-electron chi connectivity index (χ1n) is 5.47. The highest BCUT2D eigenvalue weighted by molar-refractivity contribution is 7.18. The molecule has 16 heavy (non-hydrogen) atoms. The Balaban J connectivity index is 2.16. The monoisotopic (exact) mass is 236 g/mol. The Hall–Kier alpha value is -1.13. The van der Waals surface area contributed by atoms with E-state index in [9.17, 15) is 0 Å². The van der Waals surface area contributed by atoms with Crippen molar-refractivity contribution in [2.75, 3.05) is 20.2 Å². The summed E-state index contributed by atoms with van der Waals surface area (Å²) in [6.45, 7) is 4.12. The van der Waals surface area contributed by atoms with Crippen molar-refractivity contribution in [3.8, 4) is 5.75 Å². The van der Waals surface area contributed by atoms with Crippen molar-refractivity contribution in [1.82, 2.24) is 10.3 Å². The number of aromatic nitrogens is 1. The number of nitrogens with zero attached hydrogens (tertiary/aromatic N) is 1. The molecule has 3 nitrogen and oxygen atoms in total. The number of hydrogen-bond acceptors (Lipinski definition) is 4. The van der Waals surface area contributed by atoms with Gasteiger partial charge in [-0.15, -0.1) is 11.3 Å². The molecule has 0 saturated heterocycles. The van der Waals surface area contributed by atoms with E-state index >= 15 is 0 Å². The molecule has 0 aliphatic heterocycles. The average molecular weight is 236 g/mol. The van der Waals surface area contributed by atoms with E-state index in [4.69, 9.17) is 4.74 Å². The molecule has 0 saturated carbocycles. The van der Waals surface area contributed by atoms with Gasteiger partial charge in [0.25, 0.3) is 0 Å². The minimum Gasteiger partial charge on any atom is -0.497 e. The molecule has 1 heterocycles. The van der Waals surface area contributed by atoms with Crippen LogP contribution in [0.15, 0.2) is 18.2 Å². The summed E-state index contributed by atoms with van der Waals surface area (Å²) >= 11 is 1.75. The maximum Gasteiger partial charge on any atom is 0.120 e. The first kappa shape index (κ1) is 11.4. The number of likely N-dealkylation sites (N-methyl/N-ethyl adjacent to an activating group) is 1. The van der Waals surface area contributed by atoms with E-state index in [-0.39, 0.29) is 0 Å². The lowest BCUT2D eigenvalue weighted by molar-refractivity contribution is 0.415. The number of hydrogen-bond donors (Lipinski definition) is 1. The van der Waals surface area contributed by atoms with Gasteiger partial charge < -0.3 is 10.1 Å². The van der Waals surface area contributed by atoms with Gasteiger partial charge >= 0.3 is 0 Å². The quantitative estimate of drug-likeness (QED) is 0.810. The van der Waals surface area contributed by atoms with E-state index in [1.807, 2.05) is 18.2 Å². The lowest BCUT2D eigenvalue weighted by atomic mass is 10.3. The molecule has 86 valence electrons. The third kappa shape index (κ3) is 2.51. The molecule has 0 spiro atoms. The van der Waals surface area contributed by atoms with Crippen LogP contribution in [0.3, 0.4) is 0 Å². The summed E-state index contributed by atoms with van der Waals surface area (Å²) in [5.41, 5.74) is 1.07. The Morgan fingerprint density at radius 2 is 2.31 bits per heavy atom. The van der Waals surface area contributed by atoms with Gasteiger partial charge in [-0.25, -0.2) is 4.98 Å². The fourth-order valence-corrected chi connectivity index (χ4v) is 2.55. The number of thiazole rings is 1. The van der Waals surface area contributed by atoms with Crippen molar-refractivity contribution in [2.45, 2.75) is 13.3 Å². The molecule has 1 N–H and O–H groups in total. The van der Waals surface area contributed by atoms with Crippen LogP contribution >= 0.6 is 11.3 Å².